The van der Waals surface area contributed by atoms with Crippen molar-refractivity contribution in [2.24, 2.45) is 0 Å². The maximum atomic E-state index is 12.6. The molecule has 0 aliphatic carbocycles. The lowest BCUT2D eigenvalue weighted by atomic mass is 10.0. The van der Waals surface area contributed by atoms with E-state index in [-0.39, 0.29) is 18.5 Å². The number of hydrogen-bond donors (Lipinski definition) is 3. The number of amides is 1. The first-order chi connectivity index (χ1) is 45.5. The molecular weight excluding hydrogens is 1130 g/mol. The maximum Gasteiger partial charge on any atom is 0.305 e. The highest BCUT2D eigenvalue weighted by atomic mass is 16.5. The molecule has 0 aliphatic rings. The van der Waals surface area contributed by atoms with E-state index in [4.69, 9.17) is 4.74 Å². The highest BCUT2D eigenvalue weighted by Gasteiger charge is 2.20. The van der Waals surface area contributed by atoms with E-state index >= 15 is 0 Å². The predicted molar refractivity (Wildman–Crippen MR) is 407 cm³/mol. The number of hydrogen-bond acceptors (Lipinski definition) is 5. The topological polar surface area (TPSA) is 95.9 Å². The van der Waals surface area contributed by atoms with Gasteiger partial charge in [-0.2, -0.15) is 0 Å². The van der Waals surface area contributed by atoms with Crippen molar-refractivity contribution in [3.8, 4) is 0 Å². The average Bonchev–Trinajstić information content (AvgIpc) is 3.61. The first kappa shape index (κ1) is 90.6. The Balaban J connectivity index is 3.28. The van der Waals surface area contributed by atoms with Gasteiger partial charge in [-0.15, -0.1) is 0 Å². The lowest BCUT2D eigenvalue weighted by Crippen LogP contribution is -2.45. The molecule has 0 radical (unpaired) electrons. The number of esters is 1. The van der Waals surface area contributed by atoms with Gasteiger partial charge in [-0.25, -0.2) is 0 Å². The van der Waals surface area contributed by atoms with Crippen LogP contribution in [0.5, 0.6) is 0 Å². The van der Waals surface area contributed by atoms with Crippen molar-refractivity contribution in [1.29, 1.82) is 0 Å². The summed E-state index contributed by atoms with van der Waals surface area (Å²) in [4.78, 5) is 24.7. The molecule has 1 amide bonds. The van der Waals surface area contributed by atoms with E-state index in [9.17, 15) is 19.8 Å². The van der Waals surface area contributed by atoms with Crippen molar-refractivity contribution >= 4 is 11.9 Å². The van der Waals surface area contributed by atoms with Crippen LogP contribution < -0.4 is 5.32 Å². The number of nitrogens with one attached hydrogen (secondary N) is 1. The van der Waals surface area contributed by atoms with Crippen LogP contribution in [-0.4, -0.2) is 47.4 Å². The minimum Gasteiger partial charge on any atom is -0.466 e. The summed E-state index contributed by atoms with van der Waals surface area (Å²) in [7, 11) is 0. The number of carbonyl (C=O) groups is 2. The molecule has 0 aromatic rings. The van der Waals surface area contributed by atoms with E-state index in [1.54, 1.807) is 0 Å². The van der Waals surface area contributed by atoms with E-state index in [2.05, 4.69) is 31.3 Å². The summed E-state index contributed by atoms with van der Waals surface area (Å²) in [6, 6.07) is -0.537. The number of aliphatic hydroxyl groups is 2. The number of aliphatic hydroxyl groups excluding tert-OH is 2. The Labute approximate surface area is 578 Å². The lowest BCUT2D eigenvalue weighted by Gasteiger charge is -2.22. The van der Waals surface area contributed by atoms with Crippen molar-refractivity contribution in [3.05, 3.63) is 12.2 Å². The zero-order valence-electron chi connectivity index (χ0n) is 63.1. The van der Waals surface area contributed by atoms with Crippen LogP contribution >= 0.6 is 0 Å². The van der Waals surface area contributed by atoms with Gasteiger partial charge in [0.15, 0.2) is 0 Å². The summed E-state index contributed by atoms with van der Waals surface area (Å²) in [5.74, 6) is -0.00102. The number of allylic oxidation sites excluding steroid dienone is 2. The molecule has 0 saturated heterocycles. The Morgan fingerprint density at radius 1 is 0.293 bits per heavy atom. The highest BCUT2D eigenvalue weighted by molar-refractivity contribution is 5.76. The zero-order valence-corrected chi connectivity index (χ0v) is 63.1. The molecule has 0 aromatic carbocycles. The highest BCUT2D eigenvalue weighted by Crippen LogP contribution is 2.21. The van der Waals surface area contributed by atoms with E-state index in [1.807, 2.05) is 0 Å². The Morgan fingerprint density at radius 2 is 0.511 bits per heavy atom. The third-order valence-corrected chi connectivity index (χ3v) is 20.6. The second-order valence-electron chi connectivity index (χ2n) is 29.9. The molecule has 0 spiro atoms. The quantitative estimate of drug-likeness (QED) is 0.0320. The predicted octanol–water partition coefficient (Wildman–Crippen LogP) is 28.6. The largest absolute Gasteiger partial charge is 0.466 e. The van der Waals surface area contributed by atoms with Crippen molar-refractivity contribution in [1.82, 2.24) is 5.32 Å². The molecule has 0 saturated carbocycles. The Bertz CT molecular complexity index is 1400. The molecular formula is C86H169NO5. The van der Waals surface area contributed by atoms with E-state index in [0.717, 1.165) is 38.5 Å². The van der Waals surface area contributed by atoms with E-state index < -0.39 is 12.1 Å². The maximum absolute atomic E-state index is 12.6. The zero-order chi connectivity index (χ0) is 66.3. The second kappa shape index (κ2) is 82.0. The van der Waals surface area contributed by atoms with Crippen molar-refractivity contribution < 1.29 is 24.5 Å². The van der Waals surface area contributed by atoms with Crippen LogP contribution in [0.2, 0.25) is 0 Å². The van der Waals surface area contributed by atoms with Crippen molar-refractivity contribution in [3.63, 3.8) is 0 Å². The molecule has 548 valence electrons. The normalized spacial score (nSPS) is 12.4. The fraction of sp³-hybridized carbons (Fsp3) is 0.953. The van der Waals surface area contributed by atoms with Crippen LogP contribution in [-0.2, 0) is 14.3 Å². The van der Waals surface area contributed by atoms with Crippen LogP contribution in [0.1, 0.15) is 502 Å². The fourth-order valence-electron chi connectivity index (χ4n) is 14.1. The van der Waals surface area contributed by atoms with Gasteiger partial charge in [-0.3, -0.25) is 9.59 Å². The summed E-state index contributed by atoms with van der Waals surface area (Å²) in [5.41, 5.74) is 0. The SMILES string of the molecule is CCCCCCCCC/C=C\CCCCCCCCCC(=O)OCCCCCCCCCCCCCCCCCCCCCCCCCCCCCCCCCCCCCCCCCC(=O)NC(CO)C(O)CCCCCCCCCCCCCCCCCCCC. The first-order valence-electron chi connectivity index (χ1n) is 42.9. The molecule has 2 unspecified atom stereocenters. The smallest absolute Gasteiger partial charge is 0.305 e. The number of carbonyl (C=O) groups excluding carboxylic acids is 2. The van der Waals surface area contributed by atoms with Crippen LogP contribution in [0, 0.1) is 0 Å². The molecule has 92 heavy (non-hydrogen) atoms. The molecule has 0 rings (SSSR count). The van der Waals surface area contributed by atoms with Gasteiger partial charge < -0.3 is 20.3 Å². The molecule has 0 aliphatic heterocycles. The van der Waals surface area contributed by atoms with Gasteiger partial charge in [0.25, 0.3) is 0 Å². The van der Waals surface area contributed by atoms with Gasteiger partial charge in [0.2, 0.25) is 5.91 Å². The fourth-order valence-corrected chi connectivity index (χ4v) is 14.1. The van der Waals surface area contributed by atoms with E-state index in [0.29, 0.717) is 25.9 Å². The van der Waals surface area contributed by atoms with Crippen LogP contribution in [0.4, 0.5) is 0 Å². The van der Waals surface area contributed by atoms with Crippen LogP contribution in [0.25, 0.3) is 0 Å². The van der Waals surface area contributed by atoms with Crippen molar-refractivity contribution in [2.45, 2.75) is 514 Å². The number of unbranched alkanes of at least 4 members (excludes halogenated alkanes) is 69. The van der Waals surface area contributed by atoms with E-state index in [1.165, 1.54) is 430 Å². The first-order valence-corrected chi connectivity index (χ1v) is 42.9. The molecule has 6 nitrogen and oxygen atoms in total. The summed E-state index contributed by atoms with van der Waals surface area (Å²) >= 11 is 0. The molecule has 0 bridgehead atoms. The summed E-state index contributed by atoms with van der Waals surface area (Å²) in [6.07, 6.45) is 105. The average molecular weight is 1300 g/mol. The lowest BCUT2D eigenvalue weighted by molar-refractivity contribution is -0.143. The van der Waals surface area contributed by atoms with Crippen molar-refractivity contribution in [2.75, 3.05) is 13.2 Å². The molecule has 2 atom stereocenters. The Kier molecular flexibility index (Phi) is 80.8. The summed E-state index contributed by atoms with van der Waals surface area (Å²) < 4.78 is 5.52. The summed E-state index contributed by atoms with van der Waals surface area (Å²) in [6.45, 7) is 5.01. The monoisotopic (exact) mass is 1300 g/mol. The van der Waals surface area contributed by atoms with Gasteiger partial charge in [0.1, 0.15) is 0 Å². The van der Waals surface area contributed by atoms with Gasteiger partial charge in [-0.05, 0) is 51.4 Å². The summed E-state index contributed by atoms with van der Waals surface area (Å²) in [5, 5.41) is 23.4. The molecule has 0 fully saturated rings. The molecule has 3 N–H and O–H groups in total. The third-order valence-electron chi connectivity index (χ3n) is 20.6. The molecule has 0 aromatic heterocycles. The molecule has 0 heterocycles. The molecule has 6 heteroatoms. The minimum atomic E-state index is -0.660. The standard InChI is InChI=1S/C86H169NO5/c1-3-5-7-9-11-13-15-17-19-21-46-50-54-58-62-66-70-74-78-84(89)83(82-88)87-85(90)79-75-71-67-63-59-55-51-47-44-42-40-38-36-34-32-30-28-26-24-23-25-27-29-31-33-35-37-39-41-43-45-49-53-57-61-65-69-73-77-81-92-86(91)80-76-72-68-64-60-56-52-48-22-20-18-16-14-12-10-8-6-4-2/h20,22,83-84,88-89H,3-19,21,23-82H2,1-2H3,(H,87,90)/b22-20-. The number of ether oxygens (including phenoxy) is 1. The Hall–Kier alpha value is -1.40. The van der Waals surface area contributed by atoms with Crippen LogP contribution in [0.3, 0.4) is 0 Å². The number of rotatable bonds is 82. The van der Waals surface area contributed by atoms with Gasteiger partial charge >= 0.3 is 5.97 Å². The Morgan fingerprint density at radius 3 is 0.772 bits per heavy atom. The second-order valence-corrected chi connectivity index (χ2v) is 29.9. The van der Waals surface area contributed by atoms with Crippen LogP contribution in [0.15, 0.2) is 12.2 Å². The minimum absolute atomic E-state index is 0.0225. The van der Waals surface area contributed by atoms with Gasteiger partial charge in [-0.1, -0.05) is 450 Å². The third kappa shape index (κ3) is 77.6. The van der Waals surface area contributed by atoms with Gasteiger partial charge in [0, 0.05) is 12.8 Å². The van der Waals surface area contributed by atoms with Gasteiger partial charge in [0.05, 0.1) is 25.4 Å².